The Morgan fingerprint density at radius 3 is 1.46 bits per heavy atom. The van der Waals surface area contributed by atoms with Crippen molar-refractivity contribution in [2.45, 2.75) is 226 Å². The third kappa shape index (κ3) is 46.7. The van der Waals surface area contributed by atoms with Crippen LogP contribution in [-0.2, 0) is 19.1 Å². The molecule has 0 aromatic rings. The second-order valence-corrected chi connectivity index (χ2v) is 16.6. The van der Waals surface area contributed by atoms with E-state index < -0.39 is 0 Å². The van der Waals surface area contributed by atoms with Gasteiger partial charge in [-0.2, -0.15) is 0 Å². The van der Waals surface area contributed by atoms with Crippen LogP contribution >= 0.6 is 0 Å². The third-order valence-electron chi connectivity index (χ3n) is 10.4. The van der Waals surface area contributed by atoms with E-state index in [-0.39, 0.29) is 5.97 Å². The van der Waals surface area contributed by atoms with Gasteiger partial charge in [0.2, 0.25) is 6.41 Å². The fraction of sp³-hybridized carbons (Fsp3) is 0.936. The lowest BCUT2D eigenvalue weighted by Gasteiger charge is -2.22. The van der Waals surface area contributed by atoms with Crippen LogP contribution in [0.2, 0.25) is 0 Å². The molecule has 0 bridgehead atoms. The molecule has 0 aromatic heterocycles. The van der Waals surface area contributed by atoms with Crippen molar-refractivity contribution < 1.29 is 19.1 Å². The van der Waals surface area contributed by atoms with E-state index in [1.807, 2.05) is 26.0 Å². The van der Waals surface area contributed by atoms with Gasteiger partial charge in [0.05, 0.1) is 6.61 Å². The van der Waals surface area contributed by atoms with Crippen LogP contribution < -0.4 is 5.32 Å². The highest BCUT2D eigenvalue weighted by Crippen LogP contribution is 2.23. The first-order chi connectivity index (χ1) is 26.3. The van der Waals surface area contributed by atoms with Crippen molar-refractivity contribution >= 4 is 18.2 Å². The van der Waals surface area contributed by atoms with Gasteiger partial charge >= 0.3 is 5.97 Å². The Labute approximate surface area is 337 Å². The Morgan fingerprint density at radius 2 is 0.944 bits per heavy atom. The number of amides is 1. The lowest BCUT2D eigenvalue weighted by Crippen LogP contribution is -2.29. The molecule has 1 amide bonds. The molecule has 7 nitrogen and oxygen atoms in total. The maximum absolute atomic E-state index is 12.9. The van der Waals surface area contributed by atoms with Crippen molar-refractivity contribution in [2.24, 2.45) is 5.92 Å². The largest absolute Gasteiger partial charge is 0.466 e. The summed E-state index contributed by atoms with van der Waals surface area (Å²) in [6, 6.07) is 0. The molecule has 0 fully saturated rings. The molecule has 0 saturated heterocycles. The third-order valence-corrected chi connectivity index (χ3v) is 10.4. The molecule has 54 heavy (non-hydrogen) atoms. The maximum Gasteiger partial charge on any atom is 0.305 e. The average molecular weight is 766 g/mol. The molecule has 1 N–H and O–H groups in total. The minimum atomic E-state index is -0.0250. The fourth-order valence-electron chi connectivity index (χ4n) is 7.11. The van der Waals surface area contributed by atoms with Gasteiger partial charge in [-0.3, -0.25) is 14.4 Å². The smallest absolute Gasteiger partial charge is 0.305 e. The summed E-state index contributed by atoms with van der Waals surface area (Å²) in [5, 5.41) is 2.80. The topological polar surface area (TPSA) is 79.0 Å². The van der Waals surface area contributed by atoms with Gasteiger partial charge < -0.3 is 19.9 Å². The van der Waals surface area contributed by atoms with Crippen molar-refractivity contribution in [3.05, 3.63) is 0 Å². The molecule has 0 aliphatic heterocycles. The van der Waals surface area contributed by atoms with Crippen LogP contribution in [0.15, 0.2) is 0 Å². The van der Waals surface area contributed by atoms with Gasteiger partial charge in [0.25, 0.3) is 0 Å². The van der Waals surface area contributed by atoms with Gasteiger partial charge in [0.1, 0.15) is 5.78 Å². The van der Waals surface area contributed by atoms with Crippen molar-refractivity contribution in [2.75, 3.05) is 53.9 Å². The second-order valence-electron chi connectivity index (χ2n) is 16.6. The van der Waals surface area contributed by atoms with E-state index in [0.717, 1.165) is 77.5 Å². The Morgan fingerprint density at radius 1 is 0.537 bits per heavy atom. The highest BCUT2D eigenvalue weighted by Gasteiger charge is 2.14. The molecule has 0 aromatic carbocycles. The first kappa shape index (κ1) is 54.6. The number of ether oxygens (including phenoxy) is 1. The molecule has 322 valence electrons. The molecule has 0 radical (unpaired) electrons. The minimum Gasteiger partial charge on any atom is -0.466 e. The zero-order valence-corrected chi connectivity index (χ0v) is 37.3. The molecule has 0 aliphatic rings. The van der Waals surface area contributed by atoms with Crippen LogP contribution in [0.5, 0.6) is 0 Å². The van der Waals surface area contributed by atoms with Crippen LogP contribution in [0.3, 0.4) is 0 Å². The molecule has 0 rings (SSSR count). The summed E-state index contributed by atoms with van der Waals surface area (Å²) < 4.78 is 5.43. The molecule has 0 saturated carbocycles. The van der Waals surface area contributed by atoms with Crippen LogP contribution in [0, 0.1) is 5.92 Å². The van der Waals surface area contributed by atoms with Crippen LogP contribution in [0.4, 0.5) is 0 Å². The number of unbranched alkanes of at least 4 members (excludes halogenated alkanes) is 21. The Balaban J connectivity index is 0. The highest BCUT2D eigenvalue weighted by molar-refractivity contribution is 5.78. The monoisotopic (exact) mass is 766 g/mol. The molecular formula is C47H95N3O4. The molecule has 0 aliphatic carbocycles. The molecule has 7 heteroatoms. The molecule has 1 atom stereocenters. The summed E-state index contributed by atoms with van der Waals surface area (Å²) in [5.74, 6) is 1.10. The van der Waals surface area contributed by atoms with E-state index in [1.54, 1.807) is 0 Å². The summed E-state index contributed by atoms with van der Waals surface area (Å²) in [5.41, 5.74) is 0. The first-order valence-corrected chi connectivity index (χ1v) is 23.5. The van der Waals surface area contributed by atoms with Crippen molar-refractivity contribution in [3.8, 4) is 0 Å². The SMILES string of the molecule is CCCCCCCCCOC(=O)CCCCCCCN(CCCCCCCC(=O)CC(CCCCCC)CCCCCCC)CCCNC=O.CN(C)C. The van der Waals surface area contributed by atoms with Gasteiger partial charge in [-0.1, -0.05) is 168 Å². The normalized spacial score (nSPS) is 11.8. The number of carbonyl (C=O) groups is 3. The molecule has 1 unspecified atom stereocenters. The fourth-order valence-corrected chi connectivity index (χ4v) is 7.11. The Kier molecular flexibility index (Phi) is 46.5. The van der Waals surface area contributed by atoms with Crippen LogP contribution in [-0.4, -0.2) is 81.9 Å². The van der Waals surface area contributed by atoms with Crippen LogP contribution in [0.25, 0.3) is 0 Å². The van der Waals surface area contributed by atoms with E-state index >= 15 is 0 Å². The summed E-state index contributed by atoms with van der Waals surface area (Å²) in [6.07, 6.45) is 38.4. The highest BCUT2D eigenvalue weighted by atomic mass is 16.5. The number of nitrogens with one attached hydrogen (secondary N) is 1. The summed E-state index contributed by atoms with van der Waals surface area (Å²) in [4.78, 5) is 40.1. The summed E-state index contributed by atoms with van der Waals surface area (Å²) >= 11 is 0. The Bertz CT molecular complexity index is 775. The number of nitrogens with zero attached hydrogens (tertiary/aromatic N) is 2. The molecule has 0 spiro atoms. The maximum atomic E-state index is 12.9. The Hall–Kier alpha value is -1.47. The zero-order chi connectivity index (χ0) is 40.2. The lowest BCUT2D eigenvalue weighted by molar-refractivity contribution is -0.143. The van der Waals surface area contributed by atoms with E-state index in [0.29, 0.717) is 24.7 Å². The van der Waals surface area contributed by atoms with Crippen molar-refractivity contribution in [1.29, 1.82) is 0 Å². The number of hydrogen-bond acceptors (Lipinski definition) is 6. The van der Waals surface area contributed by atoms with Gasteiger partial charge in [-0.15, -0.1) is 0 Å². The van der Waals surface area contributed by atoms with E-state index in [9.17, 15) is 14.4 Å². The van der Waals surface area contributed by atoms with E-state index in [2.05, 4.69) is 31.0 Å². The van der Waals surface area contributed by atoms with Crippen LogP contribution in [0.1, 0.15) is 226 Å². The van der Waals surface area contributed by atoms with Gasteiger partial charge in [-0.05, 0) is 85.2 Å². The predicted octanol–water partition coefficient (Wildman–Crippen LogP) is 12.5. The van der Waals surface area contributed by atoms with Gasteiger partial charge in [0, 0.05) is 25.8 Å². The lowest BCUT2D eigenvalue weighted by atomic mass is 9.89. The quantitative estimate of drug-likeness (QED) is 0.0379. The molecule has 0 heterocycles. The predicted molar refractivity (Wildman–Crippen MR) is 234 cm³/mol. The zero-order valence-electron chi connectivity index (χ0n) is 37.3. The minimum absolute atomic E-state index is 0.0250. The number of rotatable bonds is 42. The number of hydrogen-bond donors (Lipinski definition) is 1. The number of esters is 1. The molecular weight excluding hydrogens is 671 g/mol. The first-order valence-electron chi connectivity index (χ1n) is 23.5. The number of Topliss-reactive ketones (excluding diaryl/α,β-unsaturated/α-hetero) is 1. The second kappa shape index (κ2) is 45.9. The van der Waals surface area contributed by atoms with Gasteiger partial charge in [-0.25, -0.2) is 0 Å². The summed E-state index contributed by atoms with van der Waals surface area (Å²) in [7, 11) is 6.00. The van der Waals surface area contributed by atoms with Crippen molar-refractivity contribution in [1.82, 2.24) is 15.1 Å². The van der Waals surface area contributed by atoms with E-state index in [4.69, 9.17) is 4.74 Å². The van der Waals surface area contributed by atoms with Gasteiger partial charge in [0.15, 0.2) is 0 Å². The average Bonchev–Trinajstić information content (AvgIpc) is 3.14. The summed E-state index contributed by atoms with van der Waals surface area (Å²) in [6.45, 7) is 11.4. The standard InChI is InChI=1S/C44H86N2O4.C3H9N/c1-4-7-10-13-14-22-29-39-50-44(49)34-26-19-16-21-28-37-46(38-30-35-45-41-47)36-27-20-15-18-25-33-43(48)40-42(31-23-12-9-6-3)32-24-17-11-8-5-2;1-4(2)3/h41-42H,4-40H2,1-3H3,(H,45,47);1-3H3. The van der Waals surface area contributed by atoms with E-state index in [1.165, 1.54) is 154 Å². The van der Waals surface area contributed by atoms with Crippen molar-refractivity contribution in [3.63, 3.8) is 0 Å². The number of carbonyl (C=O) groups excluding carboxylic acids is 3. The number of ketones is 1.